The molecule has 0 aromatic rings. The summed E-state index contributed by atoms with van der Waals surface area (Å²) in [6.07, 6.45) is 3.22. The number of thioether (sulfide) groups is 1. The van der Waals surface area contributed by atoms with Gasteiger partial charge in [0.15, 0.2) is 0 Å². The Bertz CT molecular complexity index is 226. The molecule has 0 aromatic heterocycles. The van der Waals surface area contributed by atoms with E-state index < -0.39 is 6.10 Å². The average molecular weight is 275 g/mol. The summed E-state index contributed by atoms with van der Waals surface area (Å²) < 4.78 is 0. The smallest absolute Gasteiger partial charge is 0.0861 e. The largest absolute Gasteiger partial charge is 0.394 e. The first-order valence-electron chi connectivity index (χ1n) is 7.22. The molecule has 108 valence electrons. The van der Waals surface area contributed by atoms with Crippen LogP contribution >= 0.6 is 11.8 Å². The van der Waals surface area contributed by atoms with Crippen molar-refractivity contribution in [1.82, 2.24) is 5.32 Å². The highest BCUT2D eigenvalue weighted by Crippen LogP contribution is 2.36. The second-order valence-corrected chi connectivity index (χ2v) is 6.96. The number of hydrogen-bond acceptors (Lipinski definition) is 4. The lowest BCUT2D eigenvalue weighted by Crippen LogP contribution is -2.44. The summed E-state index contributed by atoms with van der Waals surface area (Å²) in [7, 11) is 0. The van der Waals surface area contributed by atoms with Gasteiger partial charge < -0.3 is 15.5 Å². The van der Waals surface area contributed by atoms with Crippen molar-refractivity contribution in [3.8, 4) is 0 Å². The van der Waals surface area contributed by atoms with Gasteiger partial charge in [-0.05, 0) is 37.6 Å². The first-order chi connectivity index (χ1) is 8.58. The molecule has 4 atom stereocenters. The van der Waals surface area contributed by atoms with Gasteiger partial charge in [0.2, 0.25) is 0 Å². The van der Waals surface area contributed by atoms with Crippen molar-refractivity contribution in [3.63, 3.8) is 0 Å². The average Bonchev–Trinajstić information content (AvgIpc) is 2.37. The van der Waals surface area contributed by atoms with Crippen LogP contribution < -0.4 is 5.32 Å². The van der Waals surface area contributed by atoms with Gasteiger partial charge in [0, 0.05) is 17.0 Å². The third-order valence-electron chi connectivity index (χ3n) is 3.95. The van der Waals surface area contributed by atoms with Gasteiger partial charge in [0.05, 0.1) is 12.7 Å². The first kappa shape index (κ1) is 16.3. The molecular formula is C14H29NO2S. The van der Waals surface area contributed by atoms with Gasteiger partial charge in [-0.3, -0.25) is 0 Å². The zero-order valence-corrected chi connectivity index (χ0v) is 12.7. The number of hydrogen-bond donors (Lipinski definition) is 3. The second-order valence-electron chi connectivity index (χ2n) is 5.69. The van der Waals surface area contributed by atoms with E-state index in [1.165, 1.54) is 19.3 Å². The normalized spacial score (nSPS) is 30.7. The SMILES string of the molecule is CCNC1CCC(C(C)C)CC1SCC(O)CO. The van der Waals surface area contributed by atoms with Gasteiger partial charge in [0.25, 0.3) is 0 Å². The van der Waals surface area contributed by atoms with E-state index in [1.807, 2.05) is 11.8 Å². The van der Waals surface area contributed by atoms with Crippen molar-refractivity contribution in [1.29, 1.82) is 0 Å². The van der Waals surface area contributed by atoms with Crippen LogP contribution in [0.15, 0.2) is 0 Å². The number of rotatable bonds is 7. The highest BCUT2D eigenvalue weighted by Gasteiger charge is 2.31. The molecule has 4 unspecified atom stereocenters. The Balaban J connectivity index is 2.49. The fourth-order valence-electron chi connectivity index (χ4n) is 2.73. The van der Waals surface area contributed by atoms with Crippen molar-refractivity contribution in [2.75, 3.05) is 18.9 Å². The van der Waals surface area contributed by atoms with Crippen molar-refractivity contribution in [2.45, 2.75) is 57.4 Å². The molecule has 0 aliphatic heterocycles. The lowest BCUT2D eigenvalue weighted by atomic mass is 9.79. The molecule has 0 heterocycles. The minimum atomic E-state index is -0.572. The van der Waals surface area contributed by atoms with Crippen LogP contribution in [0.3, 0.4) is 0 Å². The summed E-state index contributed by atoms with van der Waals surface area (Å²) in [6.45, 7) is 7.65. The Morgan fingerprint density at radius 1 is 1.33 bits per heavy atom. The lowest BCUT2D eigenvalue weighted by molar-refractivity contribution is 0.113. The van der Waals surface area contributed by atoms with Crippen LogP contribution in [-0.4, -0.2) is 46.5 Å². The van der Waals surface area contributed by atoms with Crippen molar-refractivity contribution >= 4 is 11.8 Å². The number of aliphatic hydroxyl groups is 2. The van der Waals surface area contributed by atoms with Crippen LogP contribution in [0.2, 0.25) is 0 Å². The van der Waals surface area contributed by atoms with Gasteiger partial charge in [-0.2, -0.15) is 11.8 Å². The maximum Gasteiger partial charge on any atom is 0.0861 e. The lowest BCUT2D eigenvalue weighted by Gasteiger charge is -2.38. The van der Waals surface area contributed by atoms with E-state index in [-0.39, 0.29) is 6.61 Å². The standard InChI is InChI=1S/C14H29NO2S/c1-4-15-13-6-5-11(10(2)3)7-14(13)18-9-12(17)8-16/h10-17H,4-9H2,1-3H3. The molecule has 0 amide bonds. The molecular weight excluding hydrogens is 246 g/mol. The third-order valence-corrected chi connectivity index (χ3v) is 5.48. The summed E-state index contributed by atoms with van der Waals surface area (Å²) in [6, 6.07) is 0.570. The van der Waals surface area contributed by atoms with Crippen LogP contribution in [0.1, 0.15) is 40.0 Å². The molecule has 0 radical (unpaired) electrons. The maximum absolute atomic E-state index is 9.49. The predicted octanol–water partition coefficient (Wildman–Crippen LogP) is 1.88. The van der Waals surface area contributed by atoms with E-state index >= 15 is 0 Å². The summed E-state index contributed by atoms with van der Waals surface area (Å²) in [4.78, 5) is 0. The Labute approximate surface area is 116 Å². The molecule has 1 rings (SSSR count). The molecule has 1 fully saturated rings. The van der Waals surface area contributed by atoms with Crippen molar-refractivity contribution in [3.05, 3.63) is 0 Å². The zero-order valence-electron chi connectivity index (χ0n) is 11.9. The Morgan fingerprint density at radius 2 is 2.06 bits per heavy atom. The molecule has 18 heavy (non-hydrogen) atoms. The van der Waals surface area contributed by atoms with Gasteiger partial charge in [-0.25, -0.2) is 0 Å². The molecule has 1 saturated carbocycles. The van der Waals surface area contributed by atoms with Crippen LogP contribution in [0.5, 0.6) is 0 Å². The molecule has 0 aromatic carbocycles. The van der Waals surface area contributed by atoms with Gasteiger partial charge in [-0.1, -0.05) is 20.8 Å². The molecule has 3 N–H and O–H groups in total. The molecule has 0 saturated heterocycles. The van der Waals surface area contributed by atoms with Crippen LogP contribution in [0.25, 0.3) is 0 Å². The van der Waals surface area contributed by atoms with E-state index in [1.54, 1.807) is 0 Å². The minimum Gasteiger partial charge on any atom is -0.394 e. The summed E-state index contributed by atoms with van der Waals surface area (Å²) in [5.74, 6) is 2.20. The molecule has 4 heteroatoms. The number of nitrogens with one attached hydrogen (secondary N) is 1. The Morgan fingerprint density at radius 3 is 2.61 bits per heavy atom. The van der Waals surface area contributed by atoms with Crippen molar-refractivity contribution < 1.29 is 10.2 Å². The second kappa shape index (κ2) is 8.41. The van der Waals surface area contributed by atoms with E-state index in [9.17, 15) is 5.11 Å². The maximum atomic E-state index is 9.49. The van der Waals surface area contributed by atoms with E-state index in [0.717, 1.165) is 18.4 Å². The van der Waals surface area contributed by atoms with Gasteiger partial charge in [-0.15, -0.1) is 0 Å². The predicted molar refractivity (Wildman–Crippen MR) is 79.0 cm³/mol. The summed E-state index contributed by atoms with van der Waals surface area (Å²) in [5.41, 5.74) is 0. The minimum absolute atomic E-state index is 0.126. The molecule has 3 nitrogen and oxygen atoms in total. The first-order valence-corrected chi connectivity index (χ1v) is 8.27. The summed E-state index contributed by atoms with van der Waals surface area (Å²) in [5, 5.41) is 22.5. The van der Waals surface area contributed by atoms with Gasteiger partial charge in [0.1, 0.15) is 0 Å². The van der Waals surface area contributed by atoms with Gasteiger partial charge >= 0.3 is 0 Å². The fourth-order valence-corrected chi connectivity index (χ4v) is 4.16. The molecule has 1 aliphatic carbocycles. The van der Waals surface area contributed by atoms with Crippen molar-refractivity contribution in [2.24, 2.45) is 11.8 Å². The number of aliphatic hydroxyl groups excluding tert-OH is 2. The monoisotopic (exact) mass is 275 g/mol. The Hall–Kier alpha value is 0.230. The molecule has 0 spiro atoms. The quantitative estimate of drug-likeness (QED) is 0.664. The topological polar surface area (TPSA) is 52.5 Å². The molecule has 0 bridgehead atoms. The highest BCUT2D eigenvalue weighted by molar-refractivity contribution is 8.00. The van der Waals surface area contributed by atoms with Crippen LogP contribution in [0.4, 0.5) is 0 Å². The Kier molecular flexibility index (Phi) is 7.61. The van der Waals surface area contributed by atoms with E-state index in [4.69, 9.17) is 5.11 Å². The molecule has 1 aliphatic rings. The zero-order chi connectivity index (χ0) is 13.5. The van der Waals surface area contributed by atoms with E-state index in [0.29, 0.717) is 17.0 Å². The third kappa shape index (κ3) is 5.08. The summed E-state index contributed by atoms with van der Waals surface area (Å²) >= 11 is 1.83. The highest BCUT2D eigenvalue weighted by atomic mass is 32.2. The van der Waals surface area contributed by atoms with E-state index in [2.05, 4.69) is 26.1 Å². The van der Waals surface area contributed by atoms with Crippen LogP contribution in [0, 0.1) is 11.8 Å². The fraction of sp³-hybridized carbons (Fsp3) is 1.00. The van der Waals surface area contributed by atoms with Crippen LogP contribution in [-0.2, 0) is 0 Å².